The van der Waals surface area contributed by atoms with Gasteiger partial charge in [-0.2, -0.15) is 0 Å². The molecule has 0 radical (unpaired) electrons. The van der Waals surface area contributed by atoms with E-state index in [0.29, 0.717) is 0 Å². The largest absolute Gasteiger partial charge is 0.457 e. The Balaban J connectivity index is 2.38. The summed E-state index contributed by atoms with van der Waals surface area (Å²) in [6.45, 7) is 2.17. The number of aryl methyl sites for hydroxylation is 1. The van der Waals surface area contributed by atoms with Crippen molar-refractivity contribution in [3.8, 4) is 0 Å². The van der Waals surface area contributed by atoms with Crippen LogP contribution in [0.1, 0.15) is 29.7 Å². The highest BCUT2D eigenvalue weighted by Crippen LogP contribution is 2.29. The first-order chi connectivity index (χ1) is 8.26. The molecule has 1 heterocycles. The lowest BCUT2D eigenvalue weighted by Crippen LogP contribution is -2.17. The molecule has 1 aromatic heterocycles. The second kappa shape index (κ2) is 5.52. The summed E-state index contributed by atoms with van der Waals surface area (Å²) >= 11 is 3.43. The van der Waals surface area contributed by atoms with E-state index in [1.165, 1.54) is 11.1 Å². The van der Waals surface area contributed by atoms with Crippen molar-refractivity contribution in [3.63, 3.8) is 0 Å². The Morgan fingerprint density at radius 1 is 1.35 bits per heavy atom. The molecule has 1 aromatic carbocycles. The number of hydrogen-bond acceptors (Lipinski definition) is 2. The summed E-state index contributed by atoms with van der Waals surface area (Å²) in [5.41, 5.74) is 3.73. The lowest BCUT2D eigenvalue weighted by atomic mass is 9.99. The van der Waals surface area contributed by atoms with Crippen LogP contribution in [0.4, 0.5) is 0 Å². The van der Waals surface area contributed by atoms with Gasteiger partial charge in [-0.05, 0) is 46.6 Å². The number of rotatable bonds is 4. The molecule has 1 unspecified atom stereocenters. The Morgan fingerprint density at radius 2 is 2.18 bits per heavy atom. The number of nitrogens with one attached hydrogen (secondary N) is 1. The maximum absolute atomic E-state index is 5.30. The van der Waals surface area contributed by atoms with E-state index >= 15 is 0 Å². The number of benzene rings is 1. The van der Waals surface area contributed by atoms with Crippen LogP contribution in [0.2, 0.25) is 0 Å². The quantitative estimate of drug-likeness (QED) is 0.924. The Kier molecular flexibility index (Phi) is 4.02. The summed E-state index contributed by atoms with van der Waals surface area (Å²) in [5.74, 6) is 0. The zero-order valence-corrected chi connectivity index (χ0v) is 11.6. The average Bonchev–Trinajstić information content (AvgIpc) is 2.77. The first-order valence-corrected chi connectivity index (χ1v) is 6.54. The highest BCUT2D eigenvalue weighted by atomic mass is 79.9. The zero-order valence-electron chi connectivity index (χ0n) is 10.0. The molecule has 0 bridgehead atoms. The van der Waals surface area contributed by atoms with Crippen LogP contribution >= 0.6 is 15.9 Å². The van der Waals surface area contributed by atoms with Gasteiger partial charge in [-0.15, -0.1) is 0 Å². The van der Waals surface area contributed by atoms with Crippen LogP contribution in [0.25, 0.3) is 0 Å². The Labute approximate surface area is 110 Å². The van der Waals surface area contributed by atoms with Crippen LogP contribution < -0.4 is 5.32 Å². The molecule has 3 heteroatoms. The zero-order chi connectivity index (χ0) is 12.3. The van der Waals surface area contributed by atoms with Crippen molar-refractivity contribution in [1.82, 2.24) is 5.32 Å². The van der Waals surface area contributed by atoms with Gasteiger partial charge in [0, 0.05) is 5.56 Å². The molecule has 0 aliphatic carbocycles. The van der Waals surface area contributed by atoms with E-state index < -0.39 is 0 Å². The van der Waals surface area contributed by atoms with Gasteiger partial charge in [0.15, 0.2) is 4.67 Å². The van der Waals surface area contributed by atoms with Crippen molar-refractivity contribution in [3.05, 3.63) is 58.0 Å². The molecule has 2 aromatic rings. The van der Waals surface area contributed by atoms with Gasteiger partial charge in [-0.3, -0.25) is 0 Å². The fraction of sp³-hybridized carbons (Fsp3) is 0.286. The van der Waals surface area contributed by atoms with Crippen LogP contribution in [0.15, 0.2) is 45.7 Å². The van der Waals surface area contributed by atoms with E-state index in [1.807, 2.05) is 13.1 Å². The summed E-state index contributed by atoms with van der Waals surface area (Å²) in [5, 5.41) is 3.32. The maximum Gasteiger partial charge on any atom is 0.174 e. The fourth-order valence-corrected chi connectivity index (χ4v) is 2.47. The molecule has 0 aliphatic heterocycles. The van der Waals surface area contributed by atoms with Crippen LogP contribution in [0.5, 0.6) is 0 Å². The van der Waals surface area contributed by atoms with Gasteiger partial charge in [-0.25, -0.2) is 0 Å². The molecule has 2 nitrogen and oxygen atoms in total. The van der Waals surface area contributed by atoms with Gasteiger partial charge >= 0.3 is 0 Å². The molecule has 90 valence electrons. The predicted molar refractivity (Wildman–Crippen MR) is 73.1 cm³/mol. The standard InChI is InChI=1S/C14H16BrNO/c1-3-10-5-4-6-11(9-10)13(16-2)12-7-8-17-14(12)15/h4-9,13,16H,3H2,1-2H3. The average molecular weight is 294 g/mol. The van der Waals surface area contributed by atoms with Gasteiger partial charge in [0.05, 0.1) is 12.3 Å². The van der Waals surface area contributed by atoms with Gasteiger partial charge in [0.25, 0.3) is 0 Å². The summed E-state index contributed by atoms with van der Waals surface area (Å²) < 4.78 is 6.09. The van der Waals surface area contributed by atoms with E-state index in [1.54, 1.807) is 6.26 Å². The lowest BCUT2D eigenvalue weighted by Gasteiger charge is -2.16. The SMILES string of the molecule is CCc1cccc(C(NC)c2ccoc2Br)c1. The number of hydrogen-bond donors (Lipinski definition) is 1. The minimum Gasteiger partial charge on any atom is -0.457 e. The number of furan rings is 1. The normalized spacial score (nSPS) is 12.6. The summed E-state index contributed by atoms with van der Waals surface area (Å²) in [4.78, 5) is 0. The third kappa shape index (κ3) is 2.61. The van der Waals surface area contributed by atoms with E-state index in [9.17, 15) is 0 Å². The van der Waals surface area contributed by atoms with Crippen molar-refractivity contribution in [2.75, 3.05) is 7.05 Å². The van der Waals surface area contributed by atoms with Crippen molar-refractivity contribution in [1.29, 1.82) is 0 Å². The highest BCUT2D eigenvalue weighted by Gasteiger charge is 2.16. The Morgan fingerprint density at radius 3 is 2.76 bits per heavy atom. The van der Waals surface area contributed by atoms with Crippen LogP contribution in [0, 0.1) is 0 Å². The summed E-state index contributed by atoms with van der Waals surface area (Å²) in [7, 11) is 1.96. The molecule has 2 rings (SSSR count). The lowest BCUT2D eigenvalue weighted by molar-refractivity contribution is 0.530. The summed E-state index contributed by atoms with van der Waals surface area (Å²) in [6.07, 6.45) is 2.75. The first-order valence-electron chi connectivity index (χ1n) is 5.75. The monoisotopic (exact) mass is 293 g/mol. The highest BCUT2D eigenvalue weighted by molar-refractivity contribution is 9.10. The predicted octanol–water partition coefficient (Wildman–Crippen LogP) is 3.91. The molecule has 0 spiro atoms. The van der Waals surface area contributed by atoms with Crippen LogP contribution in [-0.2, 0) is 6.42 Å². The van der Waals surface area contributed by atoms with E-state index in [-0.39, 0.29) is 6.04 Å². The van der Waals surface area contributed by atoms with Crippen molar-refractivity contribution in [2.24, 2.45) is 0 Å². The van der Waals surface area contributed by atoms with Crippen molar-refractivity contribution < 1.29 is 4.42 Å². The second-order valence-electron chi connectivity index (χ2n) is 3.97. The van der Waals surface area contributed by atoms with Gasteiger partial charge < -0.3 is 9.73 Å². The van der Waals surface area contributed by atoms with E-state index in [4.69, 9.17) is 4.42 Å². The Hall–Kier alpha value is -1.06. The van der Waals surface area contributed by atoms with Gasteiger partial charge in [-0.1, -0.05) is 31.2 Å². The van der Waals surface area contributed by atoms with E-state index in [0.717, 1.165) is 16.7 Å². The number of halogens is 1. The van der Waals surface area contributed by atoms with Gasteiger partial charge in [0.2, 0.25) is 0 Å². The minimum atomic E-state index is 0.162. The first kappa shape index (κ1) is 12.4. The molecule has 1 N–H and O–H groups in total. The summed E-state index contributed by atoms with van der Waals surface area (Å²) in [6, 6.07) is 10.8. The molecule has 1 atom stereocenters. The topological polar surface area (TPSA) is 25.2 Å². The Bertz CT molecular complexity index is 492. The van der Waals surface area contributed by atoms with E-state index in [2.05, 4.69) is 52.4 Å². The minimum absolute atomic E-state index is 0.162. The molecular formula is C14H16BrNO. The molecular weight excluding hydrogens is 278 g/mol. The molecule has 0 saturated carbocycles. The third-order valence-corrected chi connectivity index (χ3v) is 3.58. The maximum atomic E-state index is 5.30. The molecule has 0 amide bonds. The molecule has 0 aliphatic rings. The van der Waals surface area contributed by atoms with Crippen LogP contribution in [-0.4, -0.2) is 7.05 Å². The fourth-order valence-electron chi connectivity index (χ4n) is 2.00. The van der Waals surface area contributed by atoms with Crippen LogP contribution in [0.3, 0.4) is 0 Å². The molecule has 0 fully saturated rings. The molecule has 0 saturated heterocycles. The smallest absolute Gasteiger partial charge is 0.174 e. The molecule has 17 heavy (non-hydrogen) atoms. The second-order valence-corrected chi connectivity index (χ2v) is 4.69. The van der Waals surface area contributed by atoms with Crippen molar-refractivity contribution in [2.45, 2.75) is 19.4 Å². The van der Waals surface area contributed by atoms with Gasteiger partial charge in [0.1, 0.15) is 0 Å². The van der Waals surface area contributed by atoms with Crippen molar-refractivity contribution >= 4 is 15.9 Å². The third-order valence-electron chi connectivity index (χ3n) is 2.94.